The van der Waals surface area contributed by atoms with Crippen molar-refractivity contribution in [3.8, 4) is 0 Å². The van der Waals surface area contributed by atoms with Crippen LogP contribution in [-0.2, 0) is 24.0 Å². The molecule has 4 amide bonds. The van der Waals surface area contributed by atoms with Crippen molar-refractivity contribution in [1.82, 2.24) is 21.4 Å². The van der Waals surface area contributed by atoms with E-state index in [0.717, 1.165) is 11.8 Å². The van der Waals surface area contributed by atoms with Crippen LogP contribution in [0.2, 0.25) is 0 Å². The van der Waals surface area contributed by atoms with Gasteiger partial charge in [-0.2, -0.15) is 0 Å². The van der Waals surface area contributed by atoms with E-state index in [0.29, 0.717) is 0 Å². The van der Waals surface area contributed by atoms with Gasteiger partial charge in [0.1, 0.15) is 0 Å². The normalized spacial score (nSPS) is 9.43. The van der Waals surface area contributed by atoms with Gasteiger partial charge >= 0.3 is 0 Å². The molecule has 0 atom stereocenters. The third-order valence-electron chi connectivity index (χ3n) is 1.91. The summed E-state index contributed by atoms with van der Waals surface area (Å²) in [5.74, 6) is 2.54. The minimum atomic E-state index is -0.579. The molecule has 0 aliphatic carbocycles. The molecule has 0 aliphatic rings. The lowest BCUT2D eigenvalue weighted by molar-refractivity contribution is -0.128. The molecule has 0 unspecified atom stereocenters. The van der Waals surface area contributed by atoms with Crippen LogP contribution in [0, 0.1) is 0 Å². The van der Waals surface area contributed by atoms with Gasteiger partial charge in [0.05, 0.1) is 25.4 Å². The van der Waals surface area contributed by atoms with Crippen molar-refractivity contribution >= 4 is 40.5 Å². The number of amides is 4. The fourth-order valence-corrected chi connectivity index (χ4v) is 1.37. The average Bonchev–Trinajstić information content (AvgIpc) is 2.45. The van der Waals surface area contributed by atoms with Crippen molar-refractivity contribution < 1.29 is 24.0 Å². The zero-order valence-electron chi connectivity index (χ0n) is 11.4. The van der Waals surface area contributed by atoms with E-state index in [1.54, 1.807) is 0 Å². The van der Waals surface area contributed by atoms with Crippen LogP contribution in [0.4, 0.5) is 0 Å². The highest BCUT2D eigenvalue weighted by molar-refractivity contribution is 8.14. The Kier molecular flexibility index (Phi) is 9.54. The highest BCUT2D eigenvalue weighted by Gasteiger charge is 2.09. The maximum atomic E-state index is 11.3. The maximum absolute atomic E-state index is 11.3. The summed E-state index contributed by atoms with van der Waals surface area (Å²) in [4.78, 5) is 55.1. The van der Waals surface area contributed by atoms with Gasteiger partial charge in [0, 0.05) is 6.92 Å². The van der Waals surface area contributed by atoms with Gasteiger partial charge in [-0.15, -0.1) is 0 Å². The second-order valence-electron chi connectivity index (χ2n) is 3.68. The van der Waals surface area contributed by atoms with Crippen LogP contribution in [0.15, 0.2) is 0 Å². The lowest BCUT2D eigenvalue weighted by Gasteiger charge is -2.07. The number of hydrogen-bond acceptors (Lipinski definition) is 7. The first-order valence-corrected chi connectivity index (χ1v) is 6.76. The van der Waals surface area contributed by atoms with Crippen LogP contribution >= 0.6 is 11.8 Å². The van der Waals surface area contributed by atoms with Crippen LogP contribution in [0.5, 0.6) is 0 Å². The molecule has 6 N–H and O–H groups in total. The number of carbonyl (C=O) groups excluding carboxylic acids is 5. The summed E-state index contributed by atoms with van der Waals surface area (Å²) in [5.41, 5.74) is 1.82. The van der Waals surface area contributed by atoms with Crippen LogP contribution in [0.1, 0.15) is 6.92 Å². The van der Waals surface area contributed by atoms with Gasteiger partial charge in [0.25, 0.3) is 5.91 Å². The predicted molar refractivity (Wildman–Crippen MR) is 74.5 cm³/mol. The number of rotatable bonds is 8. The van der Waals surface area contributed by atoms with Crippen LogP contribution in [0.25, 0.3) is 0 Å². The third kappa shape index (κ3) is 11.4. The second kappa shape index (κ2) is 10.6. The largest absolute Gasteiger partial charge is 0.346 e. The number of carbonyl (C=O) groups is 5. The van der Waals surface area contributed by atoms with Crippen molar-refractivity contribution in [2.24, 2.45) is 5.84 Å². The van der Waals surface area contributed by atoms with Crippen LogP contribution in [0.3, 0.4) is 0 Å². The Balaban J connectivity index is 3.75. The Morgan fingerprint density at radius 3 is 1.67 bits per heavy atom. The standard InChI is InChI=1S/C10H17N5O5S/c1-6(16)21-5-10(20)14-3-8(18)12-2-7(17)13-4-9(19)15-11/h2-5,11H2,1H3,(H,12,18)(H,13,17)(H,14,20)(H,15,19). The van der Waals surface area contributed by atoms with Crippen molar-refractivity contribution in [1.29, 1.82) is 0 Å². The number of hydrazine groups is 1. The summed E-state index contributed by atoms with van der Waals surface area (Å²) in [6.07, 6.45) is 0. The van der Waals surface area contributed by atoms with Gasteiger partial charge in [0.15, 0.2) is 5.12 Å². The van der Waals surface area contributed by atoms with Crippen molar-refractivity contribution in [2.75, 3.05) is 25.4 Å². The van der Waals surface area contributed by atoms with Gasteiger partial charge in [0.2, 0.25) is 17.7 Å². The molecule has 21 heavy (non-hydrogen) atoms. The molecule has 0 bridgehead atoms. The summed E-state index contributed by atoms with van der Waals surface area (Å²) in [6, 6.07) is 0. The molecule has 0 saturated carbocycles. The van der Waals surface area contributed by atoms with E-state index in [1.807, 2.05) is 5.43 Å². The zero-order chi connectivity index (χ0) is 16.3. The van der Waals surface area contributed by atoms with E-state index in [2.05, 4.69) is 16.0 Å². The lowest BCUT2D eigenvalue weighted by Crippen LogP contribution is -2.45. The third-order valence-corrected chi connectivity index (χ3v) is 2.72. The first-order valence-electron chi connectivity index (χ1n) is 5.78. The topological polar surface area (TPSA) is 159 Å². The molecule has 0 heterocycles. The van der Waals surface area contributed by atoms with Gasteiger partial charge in [-0.05, 0) is 0 Å². The molecule has 0 aliphatic heterocycles. The number of thioether (sulfide) groups is 1. The minimum Gasteiger partial charge on any atom is -0.346 e. The Morgan fingerprint density at radius 2 is 1.24 bits per heavy atom. The highest BCUT2D eigenvalue weighted by Crippen LogP contribution is 1.98. The summed E-state index contributed by atoms with van der Waals surface area (Å²) in [7, 11) is 0. The fourth-order valence-electron chi connectivity index (χ4n) is 0.931. The molecule has 118 valence electrons. The smallest absolute Gasteiger partial charge is 0.253 e. The summed E-state index contributed by atoms with van der Waals surface area (Å²) >= 11 is 0.826. The van der Waals surface area contributed by atoms with Crippen molar-refractivity contribution in [3.63, 3.8) is 0 Å². The van der Waals surface area contributed by atoms with Gasteiger partial charge < -0.3 is 16.0 Å². The molecule has 0 radical (unpaired) electrons. The quantitative estimate of drug-likeness (QED) is 0.177. The summed E-state index contributed by atoms with van der Waals surface area (Å²) in [6.45, 7) is 0.376. The first kappa shape index (κ1) is 18.9. The van der Waals surface area contributed by atoms with Gasteiger partial charge in [-0.25, -0.2) is 5.84 Å². The number of nitrogens with two attached hydrogens (primary N) is 1. The highest BCUT2D eigenvalue weighted by atomic mass is 32.2. The fraction of sp³-hybridized carbons (Fsp3) is 0.500. The SMILES string of the molecule is CC(=O)SCC(=O)NCC(=O)NCC(=O)NCC(=O)NN. The Bertz CT molecular complexity index is 428. The Labute approximate surface area is 124 Å². The van der Waals surface area contributed by atoms with E-state index in [-0.39, 0.29) is 30.5 Å². The predicted octanol–water partition coefficient (Wildman–Crippen LogP) is -3.40. The number of hydrogen-bond donors (Lipinski definition) is 5. The number of nitrogens with one attached hydrogen (secondary N) is 4. The minimum absolute atomic E-state index is 0.0721. The lowest BCUT2D eigenvalue weighted by atomic mass is 10.5. The van der Waals surface area contributed by atoms with Crippen LogP contribution < -0.4 is 27.2 Å². The average molecular weight is 319 g/mol. The van der Waals surface area contributed by atoms with Gasteiger partial charge in [-0.3, -0.25) is 29.4 Å². The molecule has 0 saturated heterocycles. The Hall–Kier alpha value is -2.14. The molecule has 0 aromatic rings. The first-order chi connectivity index (χ1) is 9.85. The summed E-state index contributed by atoms with van der Waals surface area (Å²) in [5, 5.41) is 6.54. The van der Waals surface area contributed by atoms with Crippen LogP contribution in [-0.4, -0.2) is 54.1 Å². The molecule has 0 spiro atoms. The monoisotopic (exact) mass is 319 g/mol. The molecular formula is C10H17N5O5S. The van der Waals surface area contributed by atoms with Crippen molar-refractivity contribution in [3.05, 3.63) is 0 Å². The van der Waals surface area contributed by atoms with E-state index in [4.69, 9.17) is 5.84 Å². The zero-order valence-corrected chi connectivity index (χ0v) is 12.2. The molecule has 11 heteroatoms. The van der Waals surface area contributed by atoms with Crippen molar-refractivity contribution in [2.45, 2.75) is 6.92 Å². The maximum Gasteiger partial charge on any atom is 0.253 e. The van der Waals surface area contributed by atoms with E-state index < -0.39 is 23.6 Å². The van der Waals surface area contributed by atoms with E-state index in [9.17, 15) is 24.0 Å². The molecule has 10 nitrogen and oxygen atoms in total. The molecule has 0 aromatic carbocycles. The van der Waals surface area contributed by atoms with E-state index >= 15 is 0 Å². The van der Waals surface area contributed by atoms with Gasteiger partial charge in [-0.1, -0.05) is 11.8 Å². The molecule has 0 aromatic heterocycles. The molecular weight excluding hydrogens is 302 g/mol. The summed E-state index contributed by atoms with van der Waals surface area (Å²) < 4.78 is 0. The second-order valence-corrected chi connectivity index (χ2v) is 4.83. The molecule has 0 rings (SSSR count). The van der Waals surface area contributed by atoms with E-state index in [1.165, 1.54) is 6.92 Å². The Morgan fingerprint density at radius 1 is 0.810 bits per heavy atom. The molecule has 0 fully saturated rings.